The summed E-state index contributed by atoms with van der Waals surface area (Å²) in [5.74, 6) is 3.66. The van der Waals surface area contributed by atoms with E-state index in [2.05, 4.69) is 87.6 Å². The molecule has 0 amide bonds. The van der Waals surface area contributed by atoms with Crippen LogP contribution in [0.25, 0.3) is 0 Å². The fourth-order valence-electron chi connectivity index (χ4n) is 4.71. The Kier molecular flexibility index (Phi) is 6.89. The molecule has 0 spiro atoms. The lowest BCUT2D eigenvalue weighted by atomic mass is 10.0. The molecule has 2 nitrogen and oxygen atoms in total. The van der Waals surface area contributed by atoms with E-state index in [9.17, 15) is 0 Å². The lowest BCUT2D eigenvalue weighted by Crippen LogP contribution is -2.25. The smallest absolute Gasteiger partial charge is 0.133 e. The molecule has 158 valence electrons. The van der Waals surface area contributed by atoms with Gasteiger partial charge in [0.2, 0.25) is 0 Å². The number of nitrogens with zero attached hydrogens (tertiary/aromatic N) is 2. The Labute approximate surface area is 191 Å². The number of hydrogen-bond acceptors (Lipinski definition) is 2. The molecule has 2 aromatic rings. The zero-order chi connectivity index (χ0) is 22.2. The minimum atomic E-state index is 0.436. The second-order valence-corrected chi connectivity index (χ2v) is 8.96. The van der Waals surface area contributed by atoms with Crippen molar-refractivity contribution in [2.75, 3.05) is 22.9 Å². The van der Waals surface area contributed by atoms with Crippen LogP contribution in [0.1, 0.15) is 40.3 Å². The molecule has 0 bridgehead atoms. The molecule has 0 atom stereocenters. The summed E-state index contributed by atoms with van der Waals surface area (Å²) in [6.07, 6.45) is 2.13. The first-order valence-corrected chi connectivity index (χ1v) is 11.0. The zero-order valence-electron chi connectivity index (χ0n) is 19.0. The molecule has 1 aliphatic heterocycles. The van der Waals surface area contributed by atoms with Gasteiger partial charge in [-0.05, 0) is 82.4 Å². The molecule has 0 unspecified atom stereocenters. The van der Waals surface area contributed by atoms with Crippen molar-refractivity contribution in [3.05, 3.63) is 86.0 Å². The van der Waals surface area contributed by atoms with Crippen LogP contribution in [0.4, 0.5) is 11.4 Å². The van der Waals surface area contributed by atoms with E-state index < -0.39 is 0 Å². The monoisotopic (exact) mass is 440 g/mol. The molecule has 3 rings (SSSR count). The van der Waals surface area contributed by atoms with Crippen LogP contribution in [0.15, 0.2) is 46.8 Å². The molecule has 1 aliphatic rings. The van der Waals surface area contributed by atoms with E-state index in [0.717, 1.165) is 24.5 Å². The highest BCUT2D eigenvalue weighted by atomic mass is 35.5. The Morgan fingerprint density at radius 3 is 1.50 bits per heavy atom. The highest BCUT2D eigenvalue weighted by Crippen LogP contribution is 2.39. The van der Waals surface area contributed by atoms with Crippen LogP contribution in [0.3, 0.4) is 0 Å². The van der Waals surface area contributed by atoms with Gasteiger partial charge in [-0.3, -0.25) is 0 Å². The van der Waals surface area contributed by atoms with Gasteiger partial charge in [0.1, 0.15) is 11.7 Å². The van der Waals surface area contributed by atoms with Gasteiger partial charge in [0.15, 0.2) is 0 Å². The van der Waals surface area contributed by atoms with Crippen LogP contribution < -0.4 is 9.80 Å². The lowest BCUT2D eigenvalue weighted by molar-refractivity contribution is 1.01. The maximum Gasteiger partial charge on any atom is 0.133 e. The number of anilines is 2. The van der Waals surface area contributed by atoms with Crippen molar-refractivity contribution in [2.45, 2.75) is 48.5 Å². The number of rotatable bonds is 4. The van der Waals surface area contributed by atoms with Crippen molar-refractivity contribution in [3.63, 3.8) is 0 Å². The summed E-state index contributed by atoms with van der Waals surface area (Å²) in [6.45, 7) is 16.8. The Bertz CT molecular complexity index is 920. The molecule has 0 saturated carbocycles. The van der Waals surface area contributed by atoms with E-state index in [4.69, 9.17) is 23.2 Å². The summed E-state index contributed by atoms with van der Waals surface area (Å²) < 4.78 is 0. The third-order valence-corrected chi connectivity index (χ3v) is 6.36. The average Bonchev–Trinajstić information content (AvgIpc) is 3.02. The summed E-state index contributed by atoms with van der Waals surface area (Å²) in [6, 6.07) is 9.00. The molecule has 0 aliphatic carbocycles. The fraction of sp³-hybridized carbons (Fsp3) is 0.346. The molecule has 2 radical (unpaired) electrons. The second kappa shape index (κ2) is 9.08. The molecule has 30 heavy (non-hydrogen) atoms. The number of hydrogen-bond donors (Lipinski definition) is 0. The topological polar surface area (TPSA) is 6.48 Å². The first-order chi connectivity index (χ1) is 14.1. The van der Waals surface area contributed by atoms with Crippen molar-refractivity contribution < 1.29 is 0 Å². The van der Waals surface area contributed by atoms with Crippen molar-refractivity contribution in [1.82, 2.24) is 0 Å². The van der Waals surface area contributed by atoms with Crippen LogP contribution in [0.2, 0.25) is 0 Å². The predicted molar refractivity (Wildman–Crippen MR) is 132 cm³/mol. The van der Waals surface area contributed by atoms with Gasteiger partial charge < -0.3 is 9.80 Å². The van der Waals surface area contributed by atoms with Gasteiger partial charge in [-0.2, -0.15) is 0 Å². The number of benzene rings is 2. The van der Waals surface area contributed by atoms with Gasteiger partial charge in [0.25, 0.3) is 0 Å². The SMILES string of the molecule is CC(C=C1N(c2c(C)cc(C)cc2C)CCN1c1c(C)cc(C)cc1C)=C(Cl)[C]Cl. The zero-order valence-corrected chi connectivity index (χ0v) is 20.5. The van der Waals surface area contributed by atoms with E-state index in [1.807, 2.05) is 6.92 Å². The molecule has 2 aromatic carbocycles. The van der Waals surface area contributed by atoms with Gasteiger partial charge >= 0.3 is 0 Å². The number of halogens is 2. The maximum absolute atomic E-state index is 6.30. The molecule has 1 heterocycles. The highest BCUT2D eigenvalue weighted by Gasteiger charge is 2.30. The van der Waals surface area contributed by atoms with Gasteiger partial charge in [-0.15, -0.1) is 11.6 Å². The standard InChI is InChI=1S/C26H30Cl2N2/c1-16-10-19(4)25(20(5)11-16)29-8-9-30(24(29)14-18(3)23(28)15-27)26-21(6)12-17(2)13-22(26)7/h10-14H,8-9H2,1-7H3. The summed E-state index contributed by atoms with van der Waals surface area (Å²) in [4.78, 5) is 4.81. The van der Waals surface area contributed by atoms with E-state index in [-0.39, 0.29) is 0 Å². The van der Waals surface area contributed by atoms with Crippen molar-refractivity contribution in [2.24, 2.45) is 0 Å². The van der Waals surface area contributed by atoms with Gasteiger partial charge in [0.05, 0.1) is 0 Å². The summed E-state index contributed by atoms with van der Waals surface area (Å²) in [5, 5.41) is 0.436. The predicted octanol–water partition coefficient (Wildman–Crippen LogP) is 7.50. The number of aryl methyl sites for hydroxylation is 6. The number of allylic oxidation sites excluding steroid dienone is 3. The quantitative estimate of drug-likeness (QED) is 0.485. The summed E-state index contributed by atoms with van der Waals surface area (Å²) >= 11 is 12.1. The molecular weight excluding hydrogens is 411 g/mol. The van der Waals surface area contributed by atoms with Crippen LogP contribution >= 0.6 is 23.2 Å². The minimum Gasteiger partial charge on any atom is -0.325 e. The first-order valence-electron chi connectivity index (χ1n) is 10.3. The molecule has 1 saturated heterocycles. The molecular formula is C26H30Cl2N2. The molecule has 0 aromatic heterocycles. The normalized spacial score (nSPS) is 15.0. The second-order valence-electron chi connectivity index (χ2n) is 8.39. The average molecular weight is 441 g/mol. The minimum absolute atomic E-state index is 0.436. The Hall–Kier alpha value is -1.90. The van der Waals surface area contributed by atoms with Gasteiger partial charge in [-0.25, -0.2) is 0 Å². The molecule has 1 fully saturated rings. The Morgan fingerprint density at radius 1 is 0.800 bits per heavy atom. The van der Waals surface area contributed by atoms with E-state index >= 15 is 0 Å². The van der Waals surface area contributed by atoms with Crippen molar-refractivity contribution in [3.8, 4) is 0 Å². The first kappa shape index (κ1) is 22.8. The third kappa shape index (κ3) is 4.40. The van der Waals surface area contributed by atoms with Crippen molar-refractivity contribution in [1.29, 1.82) is 0 Å². The molecule has 4 heteroatoms. The van der Waals surface area contributed by atoms with E-state index in [0.29, 0.717) is 5.03 Å². The Balaban J connectivity index is 2.21. The summed E-state index contributed by atoms with van der Waals surface area (Å²) in [5.41, 5.74) is 11.1. The Morgan fingerprint density at radius 2 is 1.17 bits per heavy atom. The van der Waals surface area contributed by atoms with Gasteiger partial charge in [0, 0.05) is 29.5 Å². The fourth-order valence-corrected chi connectivity index (χ4v) is 4.91. The summed E-state index contributed by atoms with van der Waals surface area (Å²) in [7, 11) is 0. The third-order valence-electron chi connectivity index (χ3n) is 5.69. The highest BCUT2D eigenvalue weighted by molar-refractivity contribution is 6.39. The lowest BCUT2D eigenvalue weighted by Gasteiger charge is -2.30. The van der Waals surface area contributed by atoms with Crippen LogP contribution in [0.5, 0.6) is 0 Å². The van der Waals surface area contributed by atoms with E-state index in [1.54, 1.807) is 0 Å². The van der Waals surface area contributed by atoms with Crippen LogP contribution in [-0.4, -0.2) is 13.1 Å². The maximum atomic E-state index is 6.30. The molecule has 0 N–H and O–H groups in total. The van der Waals surface area contributed by atoms with E-state index in [1.165, 1.54) is 44.8 Å². The largest absolute Gasteiger partial charge is 0.325 e. The van der Waals surface area contributed by atoms with Crippen LogP contribution in [-0.2, 0) is 0 Å². The van der Waals surface area contributed by atoms with Crippen molar-refractivity contribution >= 4 is 34.6 Å². The van der Waals surface area contributed by atoms with Gasteiger partial charge in [-0.1, -0.05) is 47.0 Å². The van der Waals surface area contributed by atoms with Crippen LogP contribution in [0, 0.1) is 47.4 Å².